The van der Waals surface area contributed by atoms with Crippen molar-refractivity contribution in [2.75, 3.05) is 25.0 Å². The number of carbonyl (C=O) groups excluding carboxylic acids is 1. The van der Waals surface area contributed by atoms with Crippen molar-refractivity contribution >= 4 is 28.6 Å². The van der Waals surface area contributed by atoms with Gasteiger partial charge in [0.15, 0.2) is 5.82 Å². The van der Waals surface area contributed by atoms with Gasteiger partial charge in [0.1, 0.15) is 11.4 Å². The van der Waals surface area contributed by atoms with E-state index in [0.29, 0.717) is 6.54 Å². The third-order valence-electron chi connectivity index (χ3n) is 5.03. The smallest absolute Gasteiger partial charge is 0.407 e. The largest absolute Gasteiger partial charge is 0.444 e. The molecule has 8 nitrogen and oxygen atoms in total. The fourth-order valence-corrected chi connectivity index (χ4v) is 3.35. The molecular weight excluding hydrogens is 380 g/mol. The summed E-state index contributed by atoms with van der Waals surface area (Å²) in [5.74, 6) is 1.66. The number of amides is 1. The molecule has 30 heavy (non-hydrogen) atoms. The number of nitrogens with zero attached hydrogens (tertiary/aromatic N) is 5. The van der Waals surface area contributed by atoms with E-state index in [1.54, 1.807) is 0 Å². The molecule has 1 aromatic carbocycles. The minimum atomic E-state index is -0.481. The quantitative estimate of drug-likeness (QED) is 0.617. The SMILES string of the molecule is Cc1cc2nc(N(C)CCCCNC(=O)OC(C)(C)C)c3nnc(C)n3c2cc1C. The number of hydrogen-bond acceptors (Lipinski definition) is 6. The Labute approximate surface area is 177 Å². The van der Waals surface area contributed by atoms with E-state index in [0.717, 1.165) is 47.7 Å². The first kappa shape index (κ1) is 21.8. The molecule has 3 aromatic rings. The standard InChI is InChI=1S/C22H32N6O2/c1-14-12-17-18(13-15(14)2)28-16(3)25-26-20(28)19(24-17)27(7)11-9-8-10-23-21(29)30-22(4,5)6/h12-13H,8-11H2,1-7H3,(H,23,29). The molecule has 2 heterocycles. The highest BCUT2D eigenvalue weighted by molar-refractivity contribution is 5.84. The van der Waals surface area contributed by atoms with Crippen molar-refractivity contribution in [1.29, 1.82) is 0 Å². The second-order valence-electron chi connectivity index (χ2n) is 8.82. The van der Waals surface area contributed by atoms with E-state index in [9.17, 15) is 4.79 Å². The van der Waals surface area contributed by atoms with E-state index < -0.39 is 5.60 Å². The third kappa shape index (κ3) is 4.80. The van der Waals surface area contributed by atoms with Crippen LogP contribution in [-0.2, 0) is 4.74 Å². The Balaban J connectivity index is 1.70. The Bertz CT molecular complexity index is 1070. The molecule has 162 valence electrons. The van der Waals surface area contributed by atoms with Crippen LogP contribution in [0.25, 0.3) is 16.7 Å². The molecule has 0 saturated heterocycles. The number of ether oxygens (including phenoxy) is 1. The molecule has 3 rings (SSSR count). The van der Waals surface area contributed by atoms with Gasteiger partial charge < -0.3 is 15.0 Å². The van der Waals surface area contributed by atoms with E-state index in [1.807, 2.05) is 34.7 Å². The van der Waals surface area contributed by atoms with Crippen LogP contribution in [-0.4, -0.2) is 51.4 Å². The minimum Gasteiger partial charge on any atom is -0.444 e. The molecular formula is C22H32N6O2. The van der Waals surface area contributed by atoms with Gasteiger partial charge in [0.2, 0.25) is 5.65 Å². The summed E-state index contributed by atoms with van der Waals surface area (Å²) in [6, 6.07) is 4.26. The lowest BCUT2D eigenvalue weighted by Gasteiger charge is -2.21. The van der Waals surface area contributed by atoms with Crippen LogP contribution >= 0.6 is 0 Å². The molecule has 0 unspecified atom stereocenters. The molecule has 0 bridgehead atoms. The highest BCUT2D eigenvalue weighted by atomic mass is 16.6. The lowest BCUT2D eigenvalue weighted by molar-refractivity contribution is 0.0527. The molecule has 0 aliphatic rings. The van der Waals surface area contributed by atoms with Crippen molar-refractivity contribution in [3.63, 3.8) is 0 Å². The van der Waals surface area contributed by atoms with E-state index in [4.69, 9.17) is 9.72 Å². The minimum absolute atomic E-state index is 0.377. The molecule has 0 fully saturated rings. The Kier molecular flexibility index (Phi) is 6.14. The third-order valence-corrected chi connectivity index (χ3v) is 5.03. The second-order valence-corrected chi connectivity index (χ2v) is 8.82. The molecule has 2 aromatic heterocycles. The van der Waals surface area contributed by atoms with Crippen LogP contribution in [0, 0.1) is 20.8 Å². The van der Waals surface area contributed by atoms with Crippen molar-refractivity contribution in [3.05, 3.63) is 29.1 Å². The first-order valence-corrected chi connectivity index (χ1v) is 10.4. The van der Waals surface area contributed by atoms with E-state index in [1.165, 1.54) is 11.1 Å². The summed E-state index contributed by atoms with van der Waals surface area (Å²) in [5.41, 5.74) is 4.66. The molecule has 0 aliphatic carbocycles. The number of benzene rings is 1. The van der Waals surface area contributed by atoms with Gasteiger partial charge in [-0.25, -0.2) is 9.78 Å². The van der Waals surface area contributed by atoms with Gasteiger partial charge in [-0.3, -0.25) is 4.40 Å². The number of hydrogen-bond donors (Lipinski definition) is 1. The van der Waals surface area contributed by atoms with Crippen molar-refractivity contribution in [3.8, 4) is 0 Å². The Morgan fingerprint density at radius 2 is 1.83 bits per heavy atom. The zero-order valence-corrected chi connectivity index (χ0v) is 19.0. The fraction of sp³-hybridized carbons (Fsp3) is 0.545. The maximum atomic E-state index is 11.7. The normalized spacial score (nSPS) is 11.8. The molecule has 0 radical (unpaired) electrons. The Hall–Kier alpha value is -2.90. The fourth-order valence-electron chi connectivity index (χ4n) is 3.35. The summed E-state index contributed by atoms with van der Waals surface area (Å²) in [6.07, 6.45) is 1.37. The zero-order chi connectivity index (χ0) is 22.1. The van der Waals surface area contributed by atoms with Gasteiger partial charge in [-0.1, -0.05) is 0 Å². The van der Waals surface area contributed by atoms with Gasteiger partial charge in [0.05, 0.1) is 11.0 Å². The summed E-state index contributed by atoms with van der Waals surface area (Å²) in [6.45, 7) is 13.1. The molecule has 0 saturated carbocycles. The summed E-state index contributed by atoms with van der Waals surface area (Å²) >= 11 is 0. The Morgan fingerprint density at radius 3 is 2.53 bits per heavy atom. The van der Waals surface area contributed by atoms with Crippen molar-refractivity contribution in [2.45, 2.75) is 60.0 Å². The van der Waals surface area contributed by atoms with Crippen LogP contribution < -0.4 is 10.2 Å². The molecule has 1 amide bonds. The number of alkyl carbamates (subject to hydrolysis) is 1. The van der Waals surface area contributed by atoms with E-state index in [2.05, 4.69) is 50.8 Å². The molecule has 1 N–H and O–H groups in total. The summed E-state index contributed by atoms with van der Waals surface area (Å²) < 4.78 is 7.33. The van der Waals surface area contributed by atoms with Crippen LogP contribution in [0.3, 0.4) is 0 Å². The number of carbonyl (C=O) groups is 1. The van der Waals surface area contributed by atoms with Gasteiger partial charge >= 0.3 is 6.09 Å². The topological polar surface area (TPSA) is 84.7 Å². The molecule has 0 atom stereocenters. The van der Waals surface area contributed by atoms with Crippen molar-refractivity contribution in [2.24, 2.45) is 0 Å². The van der Waals surface area contributed by atoms with Crippen molar-refractivity contribution < 1.29 is 9.53 Å². The number of fused-ring (bicyclic) bond motifs is 3. The monoisotopic (exact) mass is 412 g/mol. The van der Waals surface area contributed by atoms with Gasteiger partial charge in [-0.15, -0.1) is 10.2 Å². The summed E-state index contributed by atoms with van der Waals surface area (Å²) in [4.78, 5) is 18.7. The maximum Gasteiger partial charge on any atom is 0.407 e. The number of aryl methyl sites for hydroxylation is 3. The average Bonchev–Trinajstić information content (AvgIpc) is 3.02. The maximum absolute atomic E-state index is 11.7. The van der Waals surface area contributed by atoms with Crippen LogP contribution in [0.4, 0.5) is 10.6 Å². The van der Waals surface area contributed by atoms with E-state index >= 15 is 0 Å². The van der Waals surface area contributed by atoms with Crippen LogP contribution in [0.1, 0.15) is 50.6 Å². The summed E-state index contributed by atoms with van der Waals surface area (Å²) in [7, 11) is 2.01. The first-order valence-electron chi connectivity index (χ1n) is 10.4. The van der Waals surface area contributed by atoms with Crippen molar-refractivity contribution in [1.82, 2.24) is 24.9 Å². The summed E-state index contributed by atoms with van der Waals surface area (Å²) in [5, 5.41) is 11.5. The number of rotatable bonds is 6. The average molecular weight is 413 g/mol. The zero-order valence-electron chi connectivity index (χ0n) is 19.0. The van der Waals surface area contributed by atoms with Gasteiger partial charge in [-0.05, 0) is 77.6 Å². The number of anilines is 1. The Morgan fingerprint density at radius 1 is 1.13 bits per heavy atom. The number of unbranched alkanes of at least 4 members (excludes halogenated alkanes) is 1. The first-order chi connectivity index (χ1) is 14.1. The van der Waals surface area contributed by atoms with Gasteiger partial charge in [0.25, 0.3) is 0 Å². The number of aromatic nitrogens is 4. The highest BCUT2D eigenvalue weighted by Gasteiger charge is 2.17. The molecule has 0 aliphatic heterocycles. The lowest BCUT2D eigenvalue weighted by atomic mass is 10.1. The van der Waals surface area contributed by atoms with Gasteiger partial charge in [0, 0.05) is 20.1 Å². The van der Waals surface area contributed by atoms with Crippen LogP contribution in [0.5, 0.6) is 0 Å². The second kappa shape index (κ2) is 8.45. The molecule has 8 heteroatoms. The number of nitrogens with one attached hydrogen (secondary N) is 1. The van der Waals surface area contributed by atoms with Crippen LogP contribution in [0.2, 0.25) is 0 Å². The predicted octanol–water partition coefficient (Wildman–Crippen LogP) is 3.94. The van der Waals surface area contributed by atoms with E-state index in [-0.39, 0.29) is 6.09 Å². The molecule has 0 spiro atoms. The van der Waals surface area contributed by atoms with Crippen LogP contribution in [0.15, 0.2) is 12.1 Å². The predicted molar refractivity (Wildman–Crippen MR) is 119 cm³/mol. The lowest BCUT2D eigenvalue weighted by Crippen LogP contribution is -2.33. The van der Waals surface area contributed by atoms with Gasteiger partial charge in [-0.2, -0.15) is 0 Å². The highest BCUT2D eigenvalue weighted by Crippen LogP contribution is 2.26.